The minimum absolute atomic E-state index is 0.0803. The Bertz CT molecular complexity index is 910. The number of hydrogen-bond acceptors (Lipinski definition) is 5. The molecule has 0 radical (unpaired) electrons. The lowest BCUT2D eigenvalue weighted by molar-refractivity contribution is -0.197. The highest BCUT2D eigenvalue weighted by Crippen LogP contribution is 2.35. The maximum Gasteiger partial charge on any atom is 0.395 e. The summed E-state index contributed by atoms with van der Waals surface area (Å²) in [5, 5.41) is 0. The summed E-state index contributed by atoms with van der Waals surface area (Å²) in [6.07, 6.45) is -5.96. The van der Waals surface area contributed by atoms with Gasteiger partial charge in [-0.1, -0.05) is 60.7 Å². The molecule has 5 nitrogen and oxygen atoms in total. The van der Waals surface area contributed by atoms with Crippen LogP contribution in [0.2, 0.25) is 0 Å². The molecule has 2 aromatic rings. The third kappa shape index (κ3) is 8.04. The van der Waals surface area contributed by atoms with Gasteiger partial charge in [0, 0.05) is 11.1 Å². The fourth-order valence-electron chi connectivity index (χ4n) is 3.12. The number of aliphatic imine (C=N–C) groups is 1. The smallest absolute Gasteiger partial charge is 0.395 e. The van der Waals surface area contributed by atoms with E-state index >= 15 is 0 Å². The Morgan fingerprint density at radius 3 is 1.79 bits per heavy atom. The van der Waals surface area contributed by atoms with Gasteiger partial charge < -0.3 is 9.47 Å². The fraction of sp³-hybridized carbons (Fsp3) is 0.400. The first kappa shape index (κ1) is 26.1. The number of carbonyl (C=O) groups excluding carboxylic acids is 2. The molecule has 0 amide bonds. The molecule has 2 aromatic carbocycles. The molecule has 0 aliphatic carbocycles. The summed E-state index contributed by atoms with van der Waals surface area (Å²) in [5.74, 6) is -4.66. The summed E-state index contributed by atoms with van der Waals surface area (Å²) >= 11 is 0. The second-order valence-electron chi connectivity index (χ2n) is 8.35. The molecule has 0 aromatic heterocycles. The van der Waals surface area contributed by atoms with Crippen LogP contribution in [-0.2, 0) is 19.1 Å². The van der Waals surface area contributed by atoms with Gasteiger partial charge in [-0.05, 0) is 27.7 Å². The van der Waals surface area contributed by atoms with Crippen LogP contribution < -0.4 is 0 Å². The normalized spacial score (nSPS) is 13.5. The highest BCUT2D eigenvalue weighted by Gasteiger charge is 2.50. The van der Waals surface area contributed by atoms with Crippen molar-refractivity contribution < 1.29 is 32.2 Å². The van der Waals surface area contributed by atoms with Crippen LogP contribution in [0.1, 0.15) is 45.2 Å². The molecule has 0 saturated heterocycles. The number of benzene rings is 2. The largest absolute Gasteiger partial charge is 0.466 e. The minimum atomic E-state index is -4.91. The van der Waals surface area contributed by atoms with Crippen LogP contribution in [0.25, 0.3) is 0 Å². The molecule has 2 rings (SSSR count). The molecule has 8 heteroatoms. The number of carbonyl (C=O) groups is 2. The lowest BCUT2D eigenvalue weighted by Crippen LogP contribution is -2.43. The van der Waals surface area contributed by atoms with Gasteiger partial charge in [-0.25, -0.2) is 4.79 Å². The number of halogens is 3. The predicted molar refractivity (Wildman–Crippen MR) is 119 cm³/mol. The van der Waals surface area contributed by atoms with Crippen molar-refractivity contribution in [2.45, 2.75) is 51.9 Å². The molecule has 0 fully saturated rings. The van der Waals surface area contributed by atoms with Crippen molar-refractivity contribution in [1.29, 1.82) is 0 Å². The lowest BCUT2D eigenvalue weighted by Gasteiger charge is -2.28. The van der Waals surface area contributed by atoms with Crippen molar-refractivity contribution >= 4 is 17.7 Å². The van der Waals surface area contributed by atoms with Gasteiger partial charge in [0.2, 0.25) is 0 Å². The van der Waals surface area contributed by atoms with Crippen LogP contribution in [0.4, 0.5) is 13.2 Å². The molecule has 0 heterocycles. The first-order chi connectivity index (χ1) is 15.4. The van der Waals surface area contributed by atoms with E-state index in [1.54, 1.807) is 81.4 Å². The Labute approximate surface area is 191 Å². The van der Waals surface area contributed by atoms with Crippen LogP contribution >= 0.6 is 0 Å². The maximum absolute atomic E-state index is 14.1. The van der Waals surface area contributed by atoms with E-state index in [1.165, 1.54) is 6.92 Å². The fourth-order valence-corrected chi connectivity index (χ4v) is 3.12. The first-order valence-corrected chi connectivity index (χ1v) is 10.6. The van der Waals surface area contributed by atoms with Gasteiger partial charge in [0.15, 0.2) is 6.04 Å². The first-order valence-electron chi connectivity index (χ1n) is 10.6. The number of alkyl halides is 3. The number of hydrogen-bond donors (Lipinski definition) is 0. The van der Waals surface area contributed by atoms with Crippen molar-refractivity contribution in [2.75, 3.05) is 6.61 Å². The summed E-state index contributed by atoms with van der Waals surface area (Å²) < 4.78 is 52.4. The lowest BCUT2D eigenvalue weighted by atomic mass is 9.94. The molecule has 0 N–H and O–H groups in total. The molecule has 0 unspecified atom stereocenters. The summed E-state index contributed by atoms with van der Waals surface area (Å²) in [7, 11) is 0. The quantitative estimate of drug-likeness (QED) is 0.390. The molecule has 0 bridgehead atoms. The highest BCUT2D eigenvalue weighted by atomic mass is 19.4. The Hall–Kier alpha value is -3.16. The van der Waals surface area contributed by atoms with E-state index in [4.69, 9.17) is 9.47 Å². The van der Waals surface area contributed by atoms with Gasteiger partial charge in [-0.15, -0.1) is 0 Å². The molecule has 178 valence electrons. The van der Waals surface area contributed by atoms with Gasteiger partial charge in [0.05, 0.1) is 24.7 Å². The average molecular weight is 463 g/mol. The Kier molecular flexibility index (Phi) is 8.79. The van der Waals surface area contributed by atoms with Crippen molar-refractivity contribution in [1.82, 2.24) is 0 Å². The van der Waals surface area contributed by atoms with E-state index in [9.17, 15) is 22.8 Å². The third-order valence-electron chi connectivity index (χ3n) is 4.50. The molecule has 0 aliphatic heterocycles. The molecule has 0 saturated carbocycles. The molecule has 0 spiro atoms. The van der Waals surface area contributed by atoms with Crippen LogP contribution in [0.15, 0.2) is 65.7 Å². The van der Waals surface area contributed by atoms with Crippen molar-refractivity contribution in [3.63, 3.8) is 0 Å². The van der Waals surface area contributed by atoms with Gasteiger partial charge in [0.1, 0.15) is 5.60 Å². The van der Waals surface area contributed by atoms with Crippen LogP contribution in [0, 0.1) is 5.92 Å². The van der Waals surface area contributed by atoms with Gasteiger partial charge >= 0.3 is 18.1 Å². The van der Waals surface area contributed by atoms with E-state index in [1.807, 2.05) is 0 Å². The summed E-state index contributed by atoms with van der Waals surface area (Å²) in [5.41, 5.74) is 0.179. The van der Waals surface area contributed by atoms with Crippen molar-refractivity contribution in [3.8, 4) is 0 Å². The van der Waals surface area contributed by atoms with Crippen LogP contribution in [-0.4, -0.2) is 42.1 Å². The second-order valence-corrected chi connectivity index (χ2v) is 8.35. The highest BCUT2D eigenvalue weighted by molar-refractivity contribution is 6.13. The number of nitrogens with zero attached hydrogens (tertiary/aromatic N) is 1. The molecular weight excluding hydrogens is 435 g/mol. The van der Waals surface area contributed by atoms with Gasteiger partial charge in [0.25, 0.3) is 0 Å². The number of rotatable bonds is 8. The molecule has 2 atom stereocenters. The van der Waals surface area contributed by atoms with E-state index in [0.717, 1.165) is 0 Å². The van der Waals surface area contributed by atoms with Crippen molar-refractivity contribution in [3.05, 3.63) is 71.8 Å². The van der Waals surface area contributed by atoms with Gasteiger partial charge in [-0.3, -0.25) is 9.79 Å². The molecular formula is C25H28F3NO4. The van der Waals surface area contributed by atoms with Crippen LogP contribution in [0.3, 0.4) is 0 Å². The number of ether oxygens (including phenoxy) is 2. The maximum atomic E-state index is 14.1. The Morgan fingerprint density at radius 2 is 1.39 bits per heavy atom. The third-order valence-corrected chi connectivity index (χ3v) is 4.50. The zero-order valence-electron chi connectivity index (χ0n) is 19.1. The van der Waals surface area contributed by atoms with E-state index in [0.29, 0.717) is 11.1 Å². The Balaban J connectivity index is 2.68. The SMILES string of the molecule is CCOC(=O)C[C@@H]([C@H](N=C(c1ccccc1)c1ccccc1)C(=O)OC(C)(C)C)C(F)(F)F. The van der Waals surface area contributed by atoms with E-state index < -0.39 is 42.1 Å². The predicted octanol–water partition coefficient (Wildman–Crippen LogP) is 5.37. The summed E-state index contributed by atoms with van der Waals surface area (Å²) in [6, 6.07) is 15.1. The van der Waals surface area contributed by atoms with E-state index in [-0.39, 0.29) is 12.3 Å². The monoisotopic (exact) mass is 463 g/mol. The van der Waals surface area contributed by atoms with Crippen LogP contribution in [0.5, 0.6) is 0 Å². The average Bonchev–Trinajstić information content (AvgIpc) is 2.73. The zero-order valence-corrected chi connectivity index (χ0v) is 19.1. The topological polar surface area (TPSA) is 65.0 Å². The Morgan fingerprint density at radius 1 is 0.909 bits per heavy atom. The number of esters is 2. The minimum Gasteiger partial charge on any atom is -0.466 e. The molecule has 33 heavy (non-hydrogen) atoms. The zero-order chi connectivity index (χ0) is 24.6. The summed E-state index contributed by atoms with van der Waals surface area (Å²) in [4.78, 5) is 29.3. The van der Waals surface area contributed by atoms with E-state index in [2.05, 4.69) is 4.99 Å². The van der Waals surface area contributed by atoms with Gasteiger partial charge in [-0.2, -0.15) is 13.2 Å². The summed E-state index contributed by atoms with van der Waals surface area (Å²) in [6.45, 7) is 6.06. The standard InChI is InChI=1S/C25H28F3NO4/c1-5-32-20(30)16-19(25(26,27)28)22(23(31)33-24(2,3)4)29-21(17-12-8-6-9-13-17)18-14-10-7-11-15-18/h6-15,19,22H,5,16H2,1-4H3/t19-,22-/m0/s1. The molecule has 0 aliphatic rings. The van der Waals surface area contributed by atoms with Crippen molar-refractivity contribution in [2.24, 2.45) is 10.9 Å². The second kappa shape index (κ2) is 11.1.